The molecule has 0 amide bonds. The number of piperidine rings is 1. The van der Waals surface area contributed by atoms with Crippen LogP contribution in [0.25, 0.3) is 0 Å². The third-order valence-electron chi connectivity index (χ3n) is 4.83. The van der Waals surface area contributed by atoms with E-state index < -0.39 is 0 Å². The molecule has 1 heterocycles. The van der Waals surface area contributed by atoms with Gasteiger partial charge in [0.1, 0.15) is 0 Å². The Morgan fingerprint density at radius 2 is 1.45 bits per heavy atom. The van der Waals surface area contributed by atoms with Gasteiger partial charge in [0, 0.05) is 5.92 Å². The summed E-state index contributed by atoms with van der Waals surface area (Å²) in [5, 5.41) is 12.5. The topological polar surface area (TPSA) is 23.1 Å². The molecule has 0 radical (unpaired) electrons. The van der Waals surface area contributed by atoms with Crippen molar-refractivity contribution >= 4 is 0 Å². The summed E-state index contributed by atoms with van der Waals surface area (Å²) in [6, 6.07) is 0. The van der Waals surface area contributed by atoms with Crippen molar-refractivity contribution in [2.75, 3.05) is 19.6 Å². The minimum absolute atomic E-state index is 0.109. The lowest BCUT2D eigenvalue weighted by molar-refractivity contribution is -0.889. The van der Waals surface area contributed by atoms with E-state index in [9.17, 15) is 5.21 Å². The average molecular weight is 284 g/mol. The third-order valence-corrected chi connectivity index (χ3v) is 4.83. The van der Waals surface area contributed by atoms with Gasteiger partial charge in [-0.15, -0.1) is 0 Å². The van der Waals surface area contributed by atoms with Crippen LogP contribution in [0.2, 0.25) is 0 Å². The van der Waals surface area contributed by atoms with Gasteiger partial charge >= 0.3 is 0 Å². The summed E-state index contributed by atoms with van der Waals surface area (Å²) in [6.45, 7) is 7.14. The zero-order valence-electron chi connectivity index (χ0n) is 14.0. The fraction of sp³-hybridized carbons (Fsp3) is 1.00. The minimum atomic E-state index is 0.109. The molecule has 0 aromatic rings. The zero-order valence-corrected chi connectivity index (χ0v) is 14.0. The summed E-state index contributed by atoms with van der Waals surface area (Å²) in [6.07, 6.45) is 15.9. The van der Waals surface area contributed by atoms with Crippen molar-refractivity contribution in [1.82, 2.24) is 0 Å². The minimum Gasteiger partial charge on any atom is -0.633 e. The summed E-state index contributed by atoms with van der Waals surface area (Å²) < 4.78 is 0.109. The van der Waals surface area contributed by atoms with Crippen molar-refractivity contribution in [3.63, 3.8) is 0 Å². The standard InChI is InChI=1S/C18H37NO/c1-3-4-5-6-7-8-9-10-11-12-15-19(20)16-13-14-18(2)17-19/h18H,3-17H2,1-2H3. The summed E-state index contributed by atoms with van der Waals surface area (Å²) in [7, 11) is 0. The number of likely N-dealkylation sites (tertiary alicyclic amines) is 1. The van der Waals surface area contributed by atoms with E-state index in [4.69, 9.17) is 0 Å². The number of hydrogen-bond acceptors (Lipinski definition) is 1. The molecule has 1 fully saturated rings. The lowest BCUT2D eigenvalue weighted by Crippen LogP contribution is -2.49. The van der Waals surface area contributed by atoms with Gasteiger partial charge in [0.05, 0.1) is 19.6 Å². The van der Waals surface area contributed by atoms with E-state index in [0.717, 1.165) is 32.5 Å². The molecule has 2 unspecified atom stereocenters. The second-order valence-corrected chi connectivity index (χ2v) is 7.12. The lowest BCUT2D eigenvalue weighted by Gasteiger charge is -2.47. The second kappa shape index (κ2) is 10.6. The van der Waals surface area contributed by atoms with E-state index in [1.807, 2.05) is 0 Å². The smallest absolute Gasteiger partial charge is 0.0809 e. The first-order valence-electron chi connectivity index (χ1n) is 9.23. The van der Waals surface area contributed by atoms with E-state index in [-0.39, 0.29) is 4.65 Å². The maximum absolute atomic E-state index is 12.5. The predicted octanol–water partition coefficient (Wildman–Crippen LogP) is 5.65. The molecule has 0 saturated carbocycles. The van der Waals surface area contributed by atoms with E-state index in [2.05, 4.69) is 13.8 Å². The van der Waals surface area contributed by atoms with Crippen LogP contribution in [-0.4, -0.2) is 24.3 Å². The van der Waals surface area contributed by atoms with Gasteiger partial charge in [0.25, 0.3) is 0 Å². The fourth-order valence-corrected chi connectivity index (χ4v) is 3.57. The van der Waals surface area contributed by atoms with Gasteiger partial charge in [0.15, 0.2) is 0 Å². The Hall–Kier alpha value is -0.0800. The molecule has 0 aromatic heterocycles. The SMILES string of the molecule is CCCCCCCCCCCC[N+]1([O-])CCCC(C)C1. The molecule has 20 heavy (non-hydrogen) atoms. The van der Waals surface area contributed by atoms with Crippen LogP contribution in [0.15, 0.2) is 0 Å². The van der Waals surface area contributed by atoms with Crippen molar-refractivity contribution in [3.05, 3.63) is 5.21 Å². The number of hydroxylamine groups is 3. The van der Waals surface area contributed by atoms with Crippen molar-refractivity contribution in [2.24, 2.45) is 5.92 Å². The van der Waals surface area contributed by atoms with Crippen LogP contribution in [-0.2, 0) is 0 Å². The molecule has 2 atom stereocenters. The first kappa shape index (κ1) is 18.0. The van der Waals surface area contributed by atoms with Gasteiger partial charge in [-0.3, -0.25) is 0 Å². The van der Waals surface area contributed by atoms with E-state index in [0.29, 0.717) is 5.92 Å². The molecule has 0 bridgehead atoms. The molecule has 1 aliphatic rings. The van der Waals surface area contributed by atoms with Gasteiger partial charge < -0.3 is 9.85 Å². The number of hydrogen-bond donors (Lipinski definition) is 0. The summed E-state index contributed by atoms with van der Waals surface area (Å²) in [4.78, 5) is 0. The Balaban J connectivity index is 1.89. The van der Waals surface area contributed by atoms with E-state index in [1.165, 1.54) is 64.2 Å². The van der Waals surface area contributed by atoms with Crippen LogP contribution in [0.1, 0.15) is 90.9 Å². The molecule has 2 nitrogen and oxygen atoms in total. The van der Waals surface area contributed by atoms with Gasteiger partial charge in [-0.1, -0.05) is 65.2 Å². The maximum atomic E-state index is 12.5. The Labute approximate surface area is 127 Å². The summed E-state index contributed by atoms with van der Waals surface area (Å²) in [5.41, 5.74) is 0. The normalized spacial score (nSPS) is 26.9. The zero-order chi connectivity index (χ0) is 14.7. The van der Waals surface area contributed by atoms with Crippen LogP contribution in [0.4, 0.5) is 0 Å². The second-order valence-electron chi connectivity index (χ2n) is 7.12. The van der Waals surface area contributed by atoms with Crippen LogP contribution < -0.4 is 0 Å². The molecule has 2 heteroatoms. The predicted molar refractivity (Wildman–Crippen MR) is 88.5 cm³/mol. The molecule has 1 rings (SSSR count). The average Bonchev–Trinajstić information content (AvgIpc) is 2.40. The summed E-state index contributed by atoms with van der Waals surface area (Å²) in [5.74, 6) is 0.643. The highest BCUT2D eigenvalue weighted by atomic mass is 16.5. The van der Waals surface area contributed by atoms with Crippen molar-refractivity contribution in [3.8, 4) is 0 Å². The number of quaternary nitrogens is 1. The van der Waals surface area contributed by atoms with Crippen molar-refractivity contribution < 1.29 is 4.65 Å². The van der Waals surface area contributed by atoms with E-state index >= 15 is 0 Å². The highest BCUT2D eigenvalue weighted by Gasteiger charge is 2.24. The van der Waals surface area contributed by atoms with Gasteiger partial charge in [-0.2, -0.15) is 0 Å². The highest BCUT2D eigenvalue weighted by Crippen LogP contribution is 2.23. The number of unbranched alkanes of at least 4 members (excludes halogenated alkanes) is 9. The van der Waals surface area contributed by atoms with Crippen LogP contribution in [0.5, 0.6) is 0 Å². The molecule has 0 aliphatic carbocycles. The van der Waals surface area contributed by atoms with Gasteiger partial charge in [-0.25, -0.2) is 0 Å². The lowest BCUT2D eigenvalue weighted by atomic mass is 9.99. The number of rotatable bonds is 11. The first-order valence-corrected chi connectivity index (χ1v) is 9.23. The first-order chi connectivity index (χ1) is 9.66. The Morgan fingerprint density at radius 3 is 2.00 bits per heavy atom. The van der Waals surface area contributed by atoms with Gasteiger partial charge in [0.2, 0.25) is 0 Å². The fourth-order valence-electron chi connectivity index (χ4n) is 3.57. The Morgan fingerprint density at radius 1 is 0.900 bits per heavy atom. The van der Waals surface area contributed by atoms with Crippen LogP contribution >= 0.6 is 0 Å². The molecular weight excluding hydrogens is 246 g/mol. The van der Waals surface area contributed by atoms with Crippen LogP contribution in [0.3, 0.4) is 0 Å². The third kappa shape index (κ3) is 8.26. The molecule has 120 valence electrons. The largest absolute Gasteiger partial charge is 0.633 e. The highest BCUT2D eigenvalue weighted by molar-refractivity contribution is 4.61. The molecule has 1 aliphatic heterocycles. The Bertz CT molecular complexity index is 231. The molecule has 0 spiro atoms. The molecule has 1 saturated heterocycles. The van der Waals surface area contributed by atoms with Crippen molar-refractivity contribution in [1.29, 1.82) is 0 Å². The monoisotopic (exact) mass is 283 g/mol. The van der Waals surface area contributed by atoms with Crippen LogP contribution in [0, 0.1) is 11.1 Å². The van der Waals surface area contributed by atoms with E-state index in [1.54, 1.807) is 0 Å². The van der Waals surface area contributed by atoms with Crippen molar-refractivity contribution in [2.45, 2.75) is 90.9 Å². The molecule has 0 N–H and O–H groups in total. The number of nitrogens with zero attached hydrogens (tertiary/aromatic N) is 1. The Kier molecular flexibility index (Phi) is 9.54. The molecule has 0 aromatic carbocycles. The molecular formula is C18H37NO. The quantitative estimate of drug-likeness (QED) is 0.273. The maximum Gasteiger partial charge on any atom is 0.0809 e. The summed E-state index contributed by atoms with van der Waals surface area (Å²) >= 11 is 0. The van der Waals surface area contributed by atoms with Gasteiger partial charge in [-0.05, 0) is 25.7 Å².